The van der Waals surface area contributed by atoms with Gasteiger partial charge in [-0.1, -0.05) is 30.3 Å². The van der Waals surface area contributed by atoms with Crippen molar-refractivity contribution in [2.45, 2.75) is 51.3 Å². The molecule has 0 saturated carbocycles. The zero-order valence-electron chi connectivity index (χ0n) is 17.6. The zero-order chi connectivity index (χ0) is 21.2. The number of nitrogens with zero attached hydrogens (tertiary/aromatic N) is 3. The molecule has 1 N–H and O–H groups in total. The highest BCUT2D eigenvalue weighted by atomic mass is 16.6. The summed E-state index contributed by atoms with van der Waals surface area (Å²) in [5.41, 5.74) is 0.465. The summed E-state index contributed by atoms with van der Waals surface area (Å²) in [7, 11) is 1.52. The molecule has 2 aliphatic heterocycles. The number of carbonyl (C=O) groups is 3. The fourth-order valence-corrected chi connectivity index (χ4v) is 3.92. The molecular weight excluding hydrogens is 372 g/mol. The van der Waals surface area contributed by atoms with Crippen LogP contribution in [0.2, 0.25) is 0 Å². The highest BCUT2D eigenvalue weighted by Gasteiger charge is 2.45. The molecule has 1 aromatic carbocycles. The molecule has 2 fully saturated rings. The van der Waals surface area contributed by atoms with Crippen molar-refractivity contribution in [3.05, 3.63) is 35.9 Å². The summed E-state index contributed by atoms with van der Waals surface area (Å²) in [5.74, 6) is 0. The topological polar surface area (TPSA) is 82.2 Å². The molecule has 2 heterocycles. The monoisotopic (exact) mass is 402 g/mol. The third kappa shape index (κ3) is 4.63. The van der Waals surface area contributed by atoms with E-state index in [0.29, 0.717) is 32.5 Å². The first-order chi connectivity index (χ1) is 13.7. The number of carbonyl (C=O) groups excluding carboxylic acids is 3. The predicted octanol–water partition coefficient (Wildman–Crippen LogP) is 3.20. The second kappa shape index (κ2) is 8.31. The number of nitrogens with one attached hydrogen (secondary N) is 1. The summed E-state index contributed by atoms with van der Waals surface area (Å²) >= 11 is 0. The lowest BCUT2D eigenvalue weighted by atomic mass is 9.99. The highest BCUT2D eigenvalue weighted by molar-refractivity contribution is 5.95. The fraction of sp³-hybridized carbons (Fsp3) is 0.571. The van der Waals surface area contributed by atoms with Crippen molar-refractivity contribution in [1.82, 2.24) is 20.0 Å². The van der Waals surface area contributed by atoms with Crippen molar-refractivity contribution in [1.29, 1.82) is 0 Å². The van der Waals surface area contributed by atoms with Crippen LogP contribution in [0, 0.1) is 0 Å². The number of imide groups is 1. The van der Waals surface area contributed by atoms with Crippen LogP contribution in [-0.2, 0) is 4.74 Å². The van der Waals surface area contributed by atoms with Gasteiger partial charge in [0.05, 0.1) is 12.6 Å². The Morgan fingerprint density at radius 2 is 1.72 bits per heavy atom. The van der Waals surface area contributed by atoms with E-state index in [1.807, 2.05) is 56.0 Å². The smallest absolute Gasteiger partial charge is 0.410 e. The van der Waals surface area contributed by atoms with Crippen LogP contribution < -0.4 is 5.32 Å². The molecule has 29 heavy (non-hydrogen) atoms. The Kier molecular flexibility index (Phi) is 6.00. The number of hydrogen-bond donors (Lipinski definition) is 1. The van der Waals surface area contributed by atoms with E-state index in [2.05, 4.69) is 5.32 Å². The molecule has 8 nitrogen and oxygen atoms in total. The first-order valence-electron chi connectivity index (χ1n) is 10.1. The number of hydrogen-bond acceptors (Lipinski definition) is 4. The molecule has 3 rings (SSSR count). The Hall–Kier alpha value is -2.77. The van der Waals surface area contributed by atoms with Crippen molar-refractivity contribution in [2.24, 2.45) is 0 Å². The van der Waals surface area contributed by atoms with Gasteiger partial charge in [-0.2, -0.15) is 0 Å². The number of likely N-dealkylation sites (tertiary alicyclic amines) is 1. The van der Waals surface area contributed by atoms with Gasteiger partial charge in [-0.3, -0.25) is 0 Å². The Balaban J connectivity index is 1.74. The minimum atomic E-state index is -0.536. The van der Waals surface area contributed by atoms with Crippen molar-refractivity contribution >= 4 is 18.2 Å². The molecule has 0 radical (unpaired) electrons. The summed E-state index contributed by atoms with van der Waals surface area (Å²) in [6, 6.07) is 8.85. The van der Waals surface area contributed by atoms with Gasteiger partial charge in [0.25, 0.3) is 0 Å². The second-order valence-corrected chi connectivity index (χ2v) is 8.48. The number of ether oxygens (including phenoxy) is 1. The largest absolute Gasteiger partial charge is 0.444 e. The maximum atomic E-state index is 13.1. The quantitative estimate of drug-likeness (QED) is 0.824. The van der Waals surface area contributed by atoms with Crippen LogP contribution >= 0.6 is 0 Å². The lowest BCUT2D eigenvalue weighted by molar-refractivity contribution is 0.0158. The van der Waals surface area contributed by atoms with E-state index in [1.165, 1.54) is 11.9 Å². The first-order valence-corrected chi connectivity index (χ1v) is 10.1. The van der Waals surface area contributed by atoms with E-state index in [1.54, 1.807) is 4.90 Å². The molecule has 5 amide bonds. The summed E-state index contributed by atoms with van der Waals surface area (Å²) < 4.78 is 5.46. The molecule has 1 aromatic rings. The van der Waals surface area contributed by atoms with E-state index in [9.17, 15) is 14.4 Å². The number of urea groups is 2. The average molecular weight is 402 g/mol. The maximum Gasteiger partial charge on any atom is 0.410 e. The van der Waals surface area contributed by atoms with Crippen molar-refractivity contribution < 1.29 is 19.1 Å². The summed E-state index contributed by atoms with van der Waals surface area (Å²) in [5, 5.41) is 2.55. The van der Waals surface area contributed by atoms with Crippen molar-refractivity contribution in [3.63, 3.8) is 0 Å². The summed E-state index contributed by atoms with van der Waals surface area (Å²) in [6.07, 6.45) is 0.974. The summed E-state index contributed by atoms with van der Waals surface area (Å²) in [6.45, 7) is 6.89. The Bertz CT molecular complexity index is 754. The normalized spacial score (nSPS) is 20.8. The molecule has 0 aromatic heterocycles. The molecule has 1 unspecified atom stereocenters. The lowest BCUT2D eigenvalue weighted by Gasteiger charge is -2.39. The van der Waals surface area contributed by atoms with Crippen LogP contribution in [0.3, 0.4) is 0 Å². The third-order valence-electron chi connectivity index (χ3n) is 5.30. The van der Waals surface area contributed by atoms with Gasteiger partial charge in [0.2, 0.25) is 0 Å². The highest BCUT2D eigenvalue weighted by Crippen LogP contribution is 2.34. The molecule has 8 heteroatoms. The van der Waals surface area contributed by atoms with E-state index < -0.39 is 11.6 Å². The summed E-state index contributed by atoms with van der Waals surface area (Å²) in [4.78, 5) is 42.4. The van der Waals surface area contributed by atoms with Crippen LogP contribution in [0.15, 0.2) is 30.3 Å². The molecule has 158 valence electrons. The molecular formula is C21H30N4O4. The van der Waals surface area contributed by atoms with Gasteiger partial charge in [-0.15, -0.1) is 0 Å². The predicted molar refractivity (Wildman–Crippen MR) is 108 cm³/mol. The Morgan fingerprint density at radius 1 is 1.10 bits per heavy atom. The zero-order valence-corrected chi connectivity index (χ0v) is 17.6. The van der Waals surface area contributed by atoms with Gasteiger partial charge in [-0.25, -0.2) is 19.3 Å². The molecule has 0 spiro atoms. The molecule has 2 aliphatic rings. The van der Waals surface area contributed by atoms with Crippen LogP contribution in [0.1, 0.15) is 45.2 Å². The Labute approximate surface area is 171 Å². The first kappa shape index (κ1) is 21.0. The van der Waals surface area contributed by atoms with Gasteiger partial charge in [0.1, 0.15) is 5.60 Å². The minimum absolute atomic E-state index is 0.0407. The van der Waals surface area contributed by atoms with Crippen LogP contribution in [0.4, 0.5) is 14.4 Å². The van der Waals surface area contributed by atoms with E-state index >= 15 is 0 Å². The van der Waals surface area contributed by atoms with Crippen LogP contribution in [0.5, 0.6) is 0 Å². The van der Waals surface area contributed by atoms with Crippen molar-refractivity contribution in [3.8, 4) is 0 Å². The van der Waals surface area contributed by atoms with Crippen molar-refractivity contribution in [2.75, 3.05) is 26.7 Å². The average Bonchev–Trinajstić information content (AvgIpc) is 3.04. The number of amides is 5. The molecule has 1 atom stereocenters. The van der Waals surface area contributed by atoms with Gasteiger partial charge in [0, 0.05) is 26.2 Å². The van der Waals surface area contributed by atoms with Gasteiger partial charge in [0.15, 0.2) is 0 Å². The Morgan fingerprint density at radius 3 is 2.28 bits per heavy atom. The SMILES string of the molecule is CNC(=O)N1CC(c2ccccc2)N(C2CCN(C(=O)OC(C)(C)C)CC2)C1=O. The standard InChI is InChI=1S/C21H30N4O4/c1-21(2,3)29-20(28)23-12-10-16(11-13-23)25-17(15-8-6-5-7-9-15)14-24(19(25)27)18(26)22-4/h5-9,16-17H,10-14H2,1-4H3,(H,22,26). The van der Waals surface area contributed by atoms with Gasteiger partial charge < -0.3 is 19.9 Å². The minimum Gasteiger partial charge on any atom is -0.444 e. The van der Waals surface area contributed by atoms with Crippen LogP contribution in [0.25, 0.3) is 0 Å². The van der Waals surface area contributed by atoms with E-state index in [-0.39, 0.29) is 24.2 Å². The molecule has 2 saturated heterocycles. The maximum absolute atomic E-state index is 13.1. The number of rotatable bonds is 2. The lowest BCUT2D eigenvalue weighted by Crippen LogP contribution is -2.50. The van der Waals surface area contributed by atoms with Gasteiger partial charge >= 0.3 is 18.2 Å². The molecule has 0 bridgehead atoms. The molecule has 0 aliphatic carbocycles. The van der Waals surface area contributed by atoms with E-state index in [4.69, 9.17) is 4.74 Å². The van der Waals surface area contributed by atoms with E-state index in [0.717, 1.165) is 5.56 Å². The third-order valence-corrected chi connectivity index (χ3v) is 5.30. The number of piperidine rings is 1. The van der Waals surface area contributed by atoms with Gasteiger partial charge in [-0.05, 0) is 39.2 Å². The van der Waals surface area contributed by atoms with Crippen LogP contribution in [-0.4, -0.2) is 71.2 Å². The second-order valence-electron chi connectivity index (χ2n) is 8.48. The fourth-order valence-electron chi connectivity index (χ4n) is 3.92. The number of benzene rings is 1.